The van der Waals surface area contributed by atoms with Gasteiger partial charge in [0.05, 0.1) is 13.2 Å². The second-order valence-electron chi connectivity index (χ2n) is 3.66. The van der Waals surface area contributed by atoms with E-state index in [1.807, 2.05) is 0 Å². The van der Waals surface area contributed by atoms with Gasteiger partial charge < -0.3 is 14.8 Å². The lowest BCUT2D eigenvalue weighted by Gasteiger charge is -2.14. The summed E-state index contributed by atoms with van der Waals surface area (Å²) in [4.78, 5) is 10.8. The Balaban J connectivity index is 2.49. The van der Waals surface area contributed by atoms with Crippen LogP contribution in [0, 0.1) is 0 Å². The van der Waals surface area contributed by atoms with Crippen LogP contribution in [0.4, 0.5) is 14.5 Å². The van der Waals surface area contributed by atoms with Crippen molar-refractivity contribution in [2.45, 2.75) is 19.4 Å². The molecule has 0 aliphatic carbocycles. The molecule has 1 atom stereocenters. The first-order valence-corrected chi connectivity index (χ1v) is 5.37. The Morgan fingerprint density at radius 3 is 2.44 bits per heavy atom. The third-order valence-electron chi connectivity index (χ3n) is 2.21. The van der Waals surface area contributed by atoms with Crippen LogP contribution in [0.5, 0.6) is 5.75 Å². The highest BCUT2D eigenvalue weighted by molar-refractivity contribution is 5.70. The molecule has 0 radical (unpaired) electrons. The van der Waals surface area contributed by atoms with E-state index in [1.54, 1.807) is 24.3 Å². The monoisotopic (exact) mass is 259 g/mol. The fraction of sp³-hybridized carbons (Fsp3) is 0.417. The zero-order valence-corrected chi connectivity index (χ0v) is 10.2. The van der Waals surface area contributed by atoms with Gasteiger partial charge in [-0.2, -0.15) is 0 Å². The fourth-order valence-corrected chi connectivity index (χ4v) is 1.17. The molecule has 0 spiro atoms. The maximum atomic E-state index is 12.3. The van der Waals surface area contributed by atoms with Crippen LogP contribution in [0.15, 0.2) is 24.3 Å². The van der Waals surface area contributed by atoms with Crippen LogP contribution in [-0.2, 0) is 9.53 Å². The Morgan fingerprint density at radius 1 is 1.33 bits per heavy atom. The van der Waals surface area contributed by atoms with Crippen molar-refractivity contribution in [3.8, 4) is 5.75 Å². The Hall–Kier alpha value is -1.85. The van der Waals surface area contributed by atoms with Crippen molar-refractivity contribution < 1.29 is 23.0 Å². The third kappa shape index (κ3) is 4.57. The van der Waals surface area contributed by atoms with Crippen molar-refractivity contribution >= 4 is 11.7 Å². The van der Waals surface area contributed by atoms with Crippen molar-refractivity contribution in [3.05, 3.63) is 24.3 Å². The molecule has 1 rings (SSSR count). The molecule has 0 aromatic heterocycles. The van der Waals surface area contributed by atoms with Crippen LogP contribution in [0.1, 0.15) is 6.92 Å². The Labute approximate surface area is 104 Å². The van der Waals surface area contributed by atoms with Crippen molar-refractivity contribution in [3.63, 3.8) is 0 Å². The van der Waals surface area contributed by atoms with E-state index in [-0.39, 0.29) is 6.61 Å². The number of alkyl halides is 2. The van der Waals surface area contributed by atoms with E-state index in [0.29, 0.717) is 11.4 Å². The average Bonchev–Trinajstić information content (AvgIpc) is 2.37. The summed E-state index contributed by atoms with van der Waals surface area (Å²) < 4.78 is 34.1. The number of rotatable bonds is 6. The standard InChI is InChI=1S/C12H15F2NO3/c1-8(12(13)14)15-9-3-5-10(6-4-9)18-7-11(16)17-2/h3-6,8,12,15H,7H2,1-2H3. The van der Waals surface area contributed by atoms with Gasteiger partial charge in [-0.15, -0.1) is 0 Å². The van der Waals surface area contributed by atoms with Crippen LogP contribution in [0.25, 0.3) is 0 Å². The minimum absolute atomic E-state index is 0.184. The number of carbonyl (C=O) groups excluding carboxylic acids is 1. The summed E-state index contributed by atoms with van der Waals surface area (Å²) in [5, 5.41) is 2.65. The highest BCUT2D eigenvalue weighted by atomic mass is 19.3. The lowest BCUT2D eigenvalue weighted by atomic mass is 10.2. The van der Waals surface area contributed by atoms with Crippen LogP contribution in [0.3, 0.4) is 0 Å². The number of carbonyl (C=O) groups is 1. The summed E-state index contributed by atoms with van der Waals surface area (Å²) in [7, 11) is 1.27. The summed E-state index contributed by atoms with van der Waals surface area (Å²) in [6.07, 6.45) is -2.43. The first-order valence-electron chi connectivity index (χ1n) is 5.37. The average molecular weight is 259 g/mol. The first kappa shape index (κ1) is 14.2. The number of esters is 1. The van der Waals surface area contributed by atoms with E-state index in [2.05, 4.69) is 10.1 Å². The molecule has 0 saturated carbocycles. The van der Waals surface area contributed by atoms with Gasteiger partial charge in [-0.05, 0) is 31.2 Å². The lowest BCUT2D eigenvalue weighted by Crippen LogP contribution is -2.23. The van der Waals surface area contributed by atoms with Gasteiger partial charge in [-0.3, -0.25) is 0 Å². The van der Waals surface area contributed by atoms with Gasteiger partial charge >= 0.3 is 5.97 Å². The Bertz CT molecular complexity index is 381. The van der Waals surface area contributed by atoms with E-state index in [4.69, 9.17) is 4.74 Å². The molecule has 1 unspecified atom stereocenters. The van der Waals surface area contributed by atoms with Crippen molar-refractivity contribution in [2.75, 3.05) is 19.0 Å². The molecule has 6 heteroatoms. The molecule has 1 aromatic carbocycles. The summed E-state index contributed by atoms with van der Waals surface area (Å²) in [5.41, 5.74) is 0.563. The first-order chi connectivity index (χ1) is 8.52. The number of halogens is 2. The smallest absolute Gasteiger partial charge is 0.343 e. The molecule has 0 bridgehead atoms. The predicted octanol–water partition coefficient (Wildman–Crippen LogP) is 2.30. The molecular formula is C12H15F2NO3. The van der Waals surface area contributed by atoms with Crippen molar-refractivity contribution in [1.29, 1.82) is 0 Å². The zero-order chi connectivity index (χ0) is 13.5. The SMILES string of the molecule is COC(=O)COc1ccc(NC(C)C(F)F)cc1. The van der Waals surface area contributed by atoms with Crippen LogP contribution < -0.4 is 10.1 Å². The number of benzene rings is 1. The van der Waals surface area contributed by atoms with Crippen LogP contribution in [0.2, 0.25) is 0 Å². The highest BCUT2D eigenvalue weighted by Gasteiger charge is 2.13. The van der Waals surface area contributed by atoms with Crippen molar-refractivity contribution in [1.82, 2.24) is 0 Å². The van der Waals surface area contributed by atoms with Crippen LogP contribution in [-0.4, -0.2) is 32.2 Å². The minimum Gasteiger partial charge on any atom is -0.482 e. The highest BCUT2D eigenvalue weighted by Crippen LogP contribution is 2.17. The number of anilines is 1. The summed E-state index contributed by atoms with van der Waals surface area (Å²) >= 11 is 0. The molecule has 1 N–H and O–H groups in total. The summed E-state index contributed by atoms with van der Waals surface area (Å²) in [6.45, 7) is 1.21. The maximum absolute atomic E-state index is 12.3. The second-order valence-corrected chi connectivity index (χ2v) is 3.66. The number of nitrogens with one attached hydrogen (secondary N) is 1. The van der Waals surface area contributed by atoms with Gasteiger partial charge in [-0.25, -0.2) is 13.6 Å². The van der Waals surface area contributed by atoms with E-state index >= 15 is 0 Å². The number of ether oxygens (including phenoxy) is 2. The molecule has 0 aliphatic rings. The van der Waals surface area contributed by atoms with Gasteiger partial charge in [0.15, 0.2) is 6.61 Å². The number of hydrogen-bond donors (Lipinski definition) is 1. The third-order valence-corrected chi connectivity index (χ3v) is 2.21. The zero-order valence-electron chi connectivity index (χ0n) is 10.2. The van der Waals surface area contributed by atoms with Gasteiger partial charge in [-0.1, -0.05) is 0 Å². The second kappa shape index (κ2) is 6.78. The molecule has 4 nitrogen and oxygen atoms in total. The van der Waals surface area contributed by atoms with Gasteiger partial charge in [0.25, 0.3) is 6.43 Å². The van der Waals surface area contributed by atoms with Gasteiger partial charge in [0, 0.05) is 5.69 Å². The largest absolute Gasteiger partial charge is 0.482 e. The number of hydrogen-bond acceptors (Lipinski definition) is 4. The molecule has 0 fully saturated rings. The number of methoxy groups -OCH3 is 1. The van der Waals surface area contributed by atoms with Gasteiger partial charge in [0.1, 0.15) is 5.75 Å². The van der Waals surface area contributed by atoms with E-state index < -0.39 is 18.4 Å². The fourth-order valence-electron chi connectivity index (χ4n) is 1.17. The molecule has 0 heterocycles. The maximum Gasteiger partial charge on any atom is 0.343 e. The summed E-state index contributed by atoms with van der Waals surface area (Å²) in [6, 6.07) is 5.45. The van der Waals surface area contributed by atoms with E-state index in [9.17, 15) is 13.6 Å². The van der Waals surface area contributed by atoms with Crippen LogP contribution >= 0.6 is 0 Å². The Kier molecular flexibility index (Phi) is 5.35. The normalized spacial score (nSPS) is 12.1. The summed E-state index contributed by atoms with van der Waals surface area (Å²) in [5.74, 6) is -0.0147. The molecule has 100 valence electrons. The molecular weight excluding hydrogens is 244 g/mol. The topological polar surface area (TPSA) is 47.6 Å². The van der Waals surface area contributed by atoms with Gasteiger partial charge in [0.2, 0.25) is 0 Å². The Morgan fingerprint density at radius 2 is 1.94 bits per heavy atom. The minimum atomic E-state index is -2.43. The molecule has 0 amide bonds. The molecule has 18 heavy (non-hydrogen) atoms. The van der Waals surface area contributed by atoms with Crippen molar-refractivity contribution in [2.24, 2.45) is 0 Å². The molecule has 0 aliphatic heterocycles. The lowest BCUT2D eigenvalue weighted by molar-refractivity contribution is -0.142. The molecule has 0 saturated heterocycles. The molecule has 1 aromatic rings. The van der Waals surface area contributed by atoms with E-state index in [0.717, 1.165) is 0 Å². The predicted molar refractivity (Wildman–Crippen MR) is 63.0 cm³/mol. The quantitative estimate of drug-likeness (QED) is 0.796. The van der Waals surface area contributed by atoms with E-state index in [1.165, 1.54) is 14.0 Å².